The van der Waals surface area contributed by atoms with Crippen molar-refractivity contribution in [1.82, 2.24) is 10.6 Å². The minimum Gasteiger partial charge on any atom is -0.381 e. The van der Waals surface area contributed by atoms with Gasteiger partial charge in [-0.25, -0.2) is 0 Å². The van der Waals surface area contributed by atoms with Gasteiger partial charge in [-0.2, -0.15) is 0 Å². The third-order valence-corrected chi connectivity index (χ3v) is 2.77. The molecule has 0 heterocycles. The molecule has 0 saturated heterocycles. The highest BCUT2D eigenvalue weighted by atomic mass is 16.5. The summed E-state index contributed by atoms with van der Waals surface area (Å²) in [5, 5.41) is 5.91. The highest BCUT2D eigenvalue weighted by molar-refractivity contribution is 5.78. The zero-order valence-electron chi connectivity index (χ0n) is 10.4. The molecule has 0 bridgehead atoms. The quantitative estimate of drug-likeness (QED) is 0.573. The topological polar surface area (TPSA) is 50.4 Å². The van der Waals surface area contributed by atoms with Crippen LogP contribution in [0.2, 0.25) is 0 Å². The molecular formula is C12H24N2O2. The van der Waals surface area contributed by atoms with Crippen LogP contribution in [-0.2, 0) is 9.53 Å². The number of nitrogens with one attached hydrogen (secondary N) is 2. The maximum absolute atomic E-state index is 11.5. The molecule has 0 aromatic heterocycles. The normalized spacial score (nSPS) is 17.1. The van der Waals surface area contributed by atoms with Crippen LogP contribution in [0.25, 0.3) is 0 Å². The van der Waals surface area contributed by atoms with Crippen molar-refractivity contribution in [2.24, 2.45) is 11.8 Å². The molecule has 2 N–H and O–H groups in total. The van der Waals surface area contributed by atoms with Gasteiger partial charge in [0.2, 0.25) is 5.91 Å². The maximum Gasteiger partial charge on any atom is 0.224 e. The van der Waals surface area contributed by atoms with Crippen LogP contribution in [0, 0.1) is 11.8 Å². The largest absolute Gasteiger partial charge is 0.381 e. The summed E-state index contributed by atoms with van der Waals surface area (Å²) in [4.78, 5) is 11.5. The first-order chi connectivity index (χ1) is 7.74. The van der Waals surface area contributed by atoms with E-state index in [-0.39, 0.29) is 11.8 Å². The summed E-state index contributed by atoms with van der Waals surface area (Å²) in [5.41, 5.74) is 0. The monoisotopic (exact) mass is 228 g/mol. The van der Waals surface area contributed by atoms with E-state index in [1.54, 1.807) is 0 Å². The minimum absolute atomic E-state index is 0.0392. The molecule has 94 valence electrons. The zero-order chi connectivity index (χ0) is 11.8. The molecule has 1 fully saturated rings. The van der Waals surface area contributed by atoms with E-state index >= 15 is 0 Å². The SMILES string of the molecule is CNCC(C)C(=O)NCCCOCC1CC1. The van der Waals surface area contributed by atoms with Crippen molar-refractivity contribution in [2.75, 3.05) is 33.4 Å². The Morgan fingerprint density at radius 1 is 1.50 bits per heavy atom. The lowest BCUT2D eigenvalue weighted by molar-refractivity contribution is -0.124. The van der Waals surface area contributed by atoms with Crippen LogP contribution in [0.5, 0.6) is 0 Å². The van der Waals surface area contributed by atoms with Crippen LogP contribution in [-0.4, -0.2) is 39.3 Å². The number of amides is 1. The first kappa shape index (κ1) is 13.5. The number of ether oxygens (including phenoxy) is 1. The Balaban J connectivity index is 1.86. The third-order valence-electron chi connectivity index (χ3n) is 2.77. The summed E-state index contributed by atoms with van der Waals surface area (Å²) in [7, 11) is 1.86. The second-order valence-corrected chi connectivity index (χ2v) is 4.62. The molecular weight excluding hydrogens is 204 g/mol. The lowest BCUT2D eigenvalue weighted by Gasteiger charge is -2.11. The predicted octanol–water partition coefficient (Wildman–Crippen LogP) is 0.775. The number of rotatable bonds is 9. The van der Waals surface area contributed by atoms with Crippen LogP contribution in [0.3, 0.4) is 0 Å². The van der Waals surface area contributed by atoms with Crippen LogP contribution >= 0.6 is 0 Å². The zero-order valence-corrected chi connectivity index (χ0v) is 10.4. The second kappa shape index (κ2) is 7.63. The molecule has 1 amide bonds. The molecule has 0 spiro atoms. The summed E-state index contributed by atoms with van der Waals surface area (Å²) < 4.78 is 5.48. The van der Waals surface area contributed by atoms with Gasteiger partial charge in [-0.1, -0.05) is 6.92 Å². The third kappa shape index (κ3) is 6.08. The van der Waals surface area contributed by atoms with E-state index in [2.05, 4.69) is 10.6 Å². The fourth-order valence-corrected chi connectivity index (χ4v) is 1.49. The van der Waals surface area contributed by atoms with E-state index < -0.39 is 0 Å². The lowest BCUT2D eigenvalue weighted by Crippen LogP contribution is -2.35. The molecule has 0 aromatic carbocycles. The number of carbonyl (C=O) groups excluding carboxylic acids is 1. The Kier molecular flexibility index (Phi) is 6.42. The summed E-state index contributed by atoms with van der Waals surface area (Å²) in [5.74, 6) is 0.985. The molecule has 1 unspecified atom stereocenters. The standard InChI is InChI=1S/C12H24N2O2/c1-10(8-13-2)12(15)14-6-3-7-16-9-11-4-5-11/h10-11,13H,3-9H2,1-2H3,(H,14,15). The number of carbonyl (C=O) groups is 1. The van der Waals surface area contributed by atoms with Gasteiger partial charge in [0.1, 0.15) is 0 Å². The van der Waals surface area contributed by atoms with Crippen LogP contribution in [0.1, 0.15) is 26.2 Å². The average Bonchev–Trinajstić information content (AvgIpc) is 3.07. The van der Waals surface area contributed by atoms with E-state index in [9.17, 15) is 4.79 Å². The Labute approximate surface area is 98.1 Å². The van der Waals surface area contributed by atoms with Crippen molar-refractivity contribution >= 4 is 5.91 Å². The van der Waals surface area contributed by atoms with Crippen molar-refractivity contribution in [1.29, 1.82) is 0 Å². The molecule has 0 radical (unpaired) electrons. The number of hydrogen-bond donors (Lipinski definition) is 2. The summed E-state index contributed by atoms with van der Waals surface area (Å²) in [6.07, 6.45) is 3.57. The van der Waals surface area contributed by atoms with Crippen molar-refractivity contribution in [3.05, 3.63) is 0 Å². The van der Waals surface area contributed by atoms with Gasteiger partial charge in [0, 0.05) is 32.2 Å². The Morgan fingerprint density at radius 2 is 2.25 bits per heavy atom. The molecule has 1 atom stereocenters. The minimum atomic E-state index is 0.0392. The van der Waals surface area contributed by atoms with Gasteiger partial charge < -0.3 is 15.4 Å². The molecule has 16 heavy (non-hydrogen) atoms. The van der Waals surface area contributed by atoms with E-state index in [0.29, 0.717) is 0 Å². The van der Waals surface area contributed by atoms with E-state index in [0.717, 1.165) is 38.6 Å². The molecule has 1 saturated carbocycles. The van der Waals surface area contributed by atoms with E-state index in [4.69, 9.17) is 4.74 Å². The van der Waals surface area contributed by atoms with Gasteiger partial charge in [-0.05, 0) is 32.2 Å². The molecule has 0 aliphatic heterocycles. The molecule has 4 nitrogen and oxygen atoms in total. The Morgan fingerprint density at radius 3 is 2.88 bits per heavy atom. The van der Waals surface area contributed by atoms with Gasteiger partial charge in [0.15, 0.2) is 0 Å². The summed E-state index contributed by atoms with van der Waals surface area (Å²) >= 11 is 0. The predicted molar refractivity (Wildman–Crippen MR) is 64.3 cm³/mol. The van der Waals surface area contributed by atoms with Crippen molar-refractivity contribution in [2.45, 2.75) is 26.2 Å². The van der Waals surface area contributed by atoms with Gasteiger partial charge in [0.25, 0.3) is 0 Å². The second-order valence-electron chi connectivity index (χ2n) is 4.62. The van der Waals surface area contributed by atoms with Gasteiger partial charge >= 0.3 is 0 Å². The molecule has 1 rings (SSSR count). The van der Waals surface area contributed by atoms with Crippen LogP contribution < -0.4 is 10.6 Å². The maximum atomic E-state index is 11.5. The van der Waals surface area contributed by atoms with Gasteiger partial charge in [0.05, 0.1) is 0 Å². The first-order valence-electron chi connectivity index (χ1n) is 6.24. The van der Waals surface area contributed by atoms with Gasteiger partial charge in [-0.15, -0.1) is 0 Å². The van der Waals surface area contributed by atoms with E-state index in [1.807, 2.05) is 14.0 Å². The fourth-order valence-electron chi connectivity index (χ4n) is 1.49. The van der Waals surface area contributed by atoms with Crippen molar-refractivity contribution < 1.29 is 9.53 Å². The van der Waals surface area contributed by atoms with Crippen molar-refractivity contribution in [3.8, 4) is 0 Å². The average molecular weight is 228 g/mol. The Hall–Kier alpha value is -0.610. The Bertz CT molecular complexity index is 205. The molecule has 0 aromatic rings. The van der Waals surface area contributed by atoms with Crippen LogP contribution in [0.15, 0.2) is 0 Å². The smallest absolute Gasteiger partial charge is 0.224 e. The fraction of sp³-hybridized carbons (Fsp3) is 0.917. The summed E-state index contributed by atoms with van der Waals surface area (Å²) in [6, 6.07) is 0. The van der Waals surface area contributed by atoms with Crippen LogP contribution in [0.4, 0.5) is 0 Å². The van der Waals surface area contributed by atoms with Crippen molar-refractivity contribution in [3.63, 3.8) is 0 Å². The highest BCUT2D eigenvalue weighted by Crippen LogP contribution is 2.28. The molecule has 1 aliphatic carbocycles. The number of hydrogen-bond acceptors (Lipinski definition) is 3. The molecule has 4 heteroatoms. The van der Waals surface area contributed by atoms with Gasteiger partial charge in [-0.3, -0.25) is 4.79 Å². The highest BCUT2D eigenvalue weighted by Gasteiger charge is 2.20. The summed E-state index contributed by atoms with van der Waals surface area (Å²) in [6.45, 7) is 5.04. The first-order valence-corrected chi connectivity index (χ1v) is 6.24. The molecule has 1 aliphatic rings. The van der Waals surface area contributed by atoms with E-state index in [1.165, 1.54) is 12.8 Å². The lowest BCUT2D eigenvalue weighted by atomic mass is 10.1.